The van der Waals surface area contributed by atoms with Gasteiger partial charge in [0.15, 0.2) is 0 Å². The highest BCUT2D eigenvalue weighted by molar-refractivity contribution is 5.68. The standard InChI is InChI=1S/C12H15N3O5/c1-8(2)12(16)6-13(7-12)10-4-3-9(14(17)18)5-11(10)15(19)20/h3-5,8,16H,6-7H2,1-2H3. The second-order valence-electron chi connectivity index (χ2n) is 5.30. The number of nitro benzene ring substituents is 2. The minimum absolute atomic E-state index is 0.0378. The van der Waals surface area contributed by atoms with Crippen LogP contribution in [0.1, 0.15) is 13.8 Å². The van der Waals surface area contributed by atoms with Gasteiger partial charge in [-0.05, 0) is 12.0 Å². The molecule has 1 saturated heterocycles. The fourth-order valence-electron chi connectivity index (χ4n) is 2.19. The summed E-state index contributed by atoms with van der Waals surface area (Å²) in [7, 11) is 0. The van der Waals surface area contributed by atoms with E-state index in [2.05, 4.69) is 0 Å². The van der Waals surface area contributed by atoms with E-state index >= 15 is 0 Å². The first-order valence-electron chi connectivity index (χ1n) is 6.15. The summed E-state index contributed by atoms with van der Waals surface area (Å²) in [5.41, 5.74) is -1.20. The number of β-amino-alcohol motifs (C(OH)–C–C–N with tert-alkyl or cyclic N) is 1. The summed E-state index contributed by atoms with van der Waals surface area (Å²) < 4.78 is 0. The van der Waals surface area contributed by atoms with Crippen molar-refractivity contribution in [1.82, 2.24) is 0 Å². The molecule has 1 heterocycles. The number of hydrogen-bond donors (Lipinski definition) is 1. The smallest absolute Gasteiger partial charge is 0.299 e. The summed E-state index contributed by atoms with van der Waals surface area (Å²) in [5.74, 6) is 0.0378. The van der Waals surface area contributed by atoms with Crippen molar-refractivity contribution >= 4 is 17.1 Å². The van der Waals surface area contributed by atoms with Gasteiger partial charge in [-0.3, -0.25) is 20.2 Å². The van der Waals surface area contributed by atoms with Gasteiger partial charge >= 0.3 is 0 Å². The van der Waals surface area contributed by atoms with E-state index in [0.29, 0.717) is 5.69 Å². The van der Waals surface area contributed by atoms with Gasteiger partial charge in [-0.2, -0.15) is 0 Å². The number of non-ortho nitro benzene ring substituents is 1. The van der Waals surface area contributed by atoms with Crippen LogP contribution in [-0.4, -0.2) is 33.6 Å². The number of hydrogen-bond acceptors (Lipinski definition) is 6. The first-order valence-corrected chi connectivity index (χ1v) is 6.15. The Balaban J connectivity index is 2.30. The maximum atomic E-state index is 11.0. The molecule has 0 aliphatic carbocycles. The second-order valence-corrected chi connectivity index (χ2v) is 5.30. The van der Waals surface area contributed by atoms with Crippen LogP contribution in [0.4, 0.5) is 17.1 Å². The molecule has 20 heavy (non-hydrogen) atoms. The monoisotopic (exact) mass is 281 g/mol. The van der Waals surface area contributed by atoms with Gasteiger partial charge in [0.05, 0.1) is 15.9 Å². The van der Waals surface area contributed by atoms with Gasteiger partial charge in [-0.1, -0.05) is 13.8 Å². The Hall–Kier alpha value is -2.22. The van der Waals surface area contributed by atoms with E-state index in [4.69, 9.17) is 0 Å². The Labute approximate surface area is 114 Å². The Morgan fingerprint density at radius 1 is 1.25 bits per heavy atom. The van der Waals surface area contributed by atoms with E-state index in [9.17, 15) is 25.3 Å². The molecular formula is C12H15N3O5. The van der Waals surface area contributed by atoms with Crippen molar-refractivity contribution in [1.29, 1.82) is 0 Å². The zero-order chi connectivity index (χ0) is 15.1. The van der Waals surface area contributed by atoms with Gasteiger partial charge in [-0.15, -0.1) is 0 Å². The van der Waals surface area contributed by atoms with Crippen molar-refractivity contribution in [2.75, 3.05) is 18.0 Å². The molecule has 1 aliphatic heterocycles. The molecule has 0 unspecified atom stereocenters. The van der Waals surface area contributed by atoms with Crippen LogP contribution in [0.5, 0.6) is 0 Å². The van der Waals surface area contributed by atoms with Crippen molar-refractivity contribution in [2.45, 2.75) is 19.4 Å². The Morgan fingerprint density at radius 2 is 1.85 bits per heavy atom. The molecule has 1 aliphatic rings. The van der Waals surface area contributed by atoms with Gasteiger partial charge in [0.2, 0.25) is 0 Å². The minimum atomic E-state index is -0.865. The summed E-state index contributed by atoms with van der Waals surface area (Å²) >= 11 is 0. The molecule has 0 radical (unpaired) electrons. The summed E-state index contributed by atoms with van der Waals surface area (Å²) in [4.78, 5) is 22.0. The molecule has 0 amide bonds. The third-order valence-corrected chi connectivity index (χ3v) is 3.71. The molecule has 108 valence electrons. The lowest BCUT2D eigenvalue weighted by Gasteiger charge is -2.49. The zero-order valence-electron chi connectivity index (χ0n) is 11.1. The highest BCUT2D eigenvalue weighted by atomic mass is 16.6. The maximum absolute atomic E-state index is 11.0. The molecule has 0 saturated carbocycles. The highest BCUT2D eigenvalue weighted by Crippen LogP contribution is 2.39. The van der Waals surface area contributed by atoms with E-state index in [1.54, 1.807) is 4.90 Å². The Bertz CT molecular complexity index is 566. The lowest BCUT2D eigenvalue weighted by molar-refractivity contribution is -0.393. The number of anilines is 1. The molecule has 0 bridgehead atoms. The van der Waals surface area contributed by atoms with Crippen LogP contribution < -0.4 is 4.90 Å². The van der Waals surface area contributed by atoms with Crippen LogP contribution in [0.15, 0.2) is 18.2 Å². The lowest BCUT2D eigenvalue weighted by atomic mass is 9.82. The van der Waals surface area contributed by atoms with E-state index in [-0.39, 0.29) is 30.4 Å². The quantitative estimate of drug-likeness (QED) is 0.664. The SMILES string of the molecule is CC(C)C1(O)CN(c2ccc([N+](=O)[O-])cc2[N+](=O)[O-])C1. The van der Waals surface area contributed by atoms with Gasteiger partial charge in [0, 0.05) is 19.2 Å². The summed E-state index contributed by atoms with van der Waals surface area (Å²) in [6.45, 7) is 4.32. The highest BCUT2D eigenvalue weighted by Gasteiger charge is 2.45. The topological polar surface area (TPSA) is 110 Å². The van der Waals surface area contributed by atoms with Crippen molar-refractivity contribution < 1.29 is 15.0 Å². The summed E-state index contributed by atoms with van der Waals surface area (Å²) in [6, 6.07) is 3.54. The Kier molecular flexibility index (Phi) is 3.34. The van der Waals surface area contributed by atoms with Gasteiger partial charge < -0.3 is 10.0 Å². The molecular weight excluding hydrogens is 266 g/mol. The normalized spacial score (nSPS) is 16.9. The first kappa shape index (κ1) is 14.2. The number of benzene rings is 1. The van der Waals surface area contributed by atoms with E-state index < -0.39 is 15.4 Å². The molecule has 0 atom stereocenters. The fourth-order valence-corrected chi connectivity index (χ4v) is 2.19. The third-order valence-electron chi connectivity index (χ3n) is 3.71. The van der Waals surface area contributed by atoms with Crippen LogP contribution in [0.2, 0.25) is 0 Å². The second kappa shape index (κ2) is 4.71. The number of nitrogens with zero attached hydrogens (tertiary/aromatic N) is 3. The zero-order valence-corrected chi connectivity index (χ0v) is 11.1. The van der Waals surface area contributed by atoms with Crippen LogP contribution in [0, 0.1) is 26.1 Å². The van der Waals surface area contributed by atoms with Crippen LogP contribution in [0.3, 0.4) is 0 Å². The minimum Gasteiger partial charge on any atom is -0.386 e. The van der Waals surface area contributed by atoms with E-state index in [0.717, 1.165) is 6.07 Å². The molecule has 0 spiro atoms. The predicted molar refractivity (Wildman–Crippen MR) is 71.8 cm³/mol. The average molecular weight is 281 g/mol. The Morgan fingerprint density at radius 3 is 2.30 bits per heavy atom. The third kappa shape index (κ3) is 2.29. The molecule has 1 N–H and O–H groups in total. The number of aliphatic hydroxyl groups is 1. The van der Waals surface area contributed by atoms with Crippen molar-refractivity contribution in [3.05, 3.63) is 38.4 Å². The van der Waals surface area contributed by atoms with E-state index in [1.165, 1.54) is 12.1 Å². The van der Waals surface area contributed by atoms with Gasteiger partial charge in [0.1, 0.15) is 11.3 Å². The molecule has 8 nitrogen and oxygen atoms in total. The number of nitro groups is 2. The van der Waals surface area contributed by atoms with Crippen molar-refractivity contribution in [3.63, 3.8) is 0 Å². The molecule has 1 aromatic rings. The fraction of sp³-hybridized carbons (Fsp3) is 0.500. The maximum Gasteiger partial charge on any atom is 0.299 e. The van der Waals surface area contributed by atoms with Crippen LogP contribution in [-0.2, 0) is 0 Å². The molecule has 2 rings (SSSR count). The summed E-state index contributed by atoms with van der Waals surface area (Å²) in [6.07, 6.45) is 0. The predicted octanol–water partition coefficient (Wildman–Crippen LogP) is 1.71. The number of rotatable bonds is 4. The molecule has 0 aromatic heterocycles. The molecule has 1 fully saturated rings. The molecule has 1 aromatic carbocycles. The van der Waals surface area contributed by atoms with Crippen LogP contribution >= 0.6 is 0 Å². The van der Waals surface area contributed by atoms with Crippen molar-refractivity contribution in [2.24, 2.45) is 5.92 Å². The summed E-state index contributed by atoms with van der Waals surface area (Å²) in [5, 5.41) is 31.9. The van der Waals surface area contributed by atoms with Crippen molar-refractivity contribution in [3.8, 4) is 0 Å². The largest absolute Gasteiger partial charge is 0.386 e. The molecule has 8 heteroatoms. The van der Waals surface area contributed by atoms with Gasteiger partial charge in [0.25, 0.3) is 11.4 Å². The lowest BCUT2D eigenvalue weighted by Crippen LogP contribution is -2.64. The van der Waals surface area contributed by atoms with Gasteiger partial charge in [-0.25, -0.2) is 0 Å². The average Bonchev–Trinajstić information content (AvgIpc) is 2.33. The van der Waals surface area contributed by atoms with Crippen LogP contribution in [0.25, 0.3) is 0 Å². The first-order chi connectivity index (χ1) is 9.24. The van der Waals surface area contributed by atoms with E-state index in [1.807, 2.05) is 13.8 Å².